The minimum atomic E-state index is -0.544. The number of hydrogen-bond donors (Lipinski definition) is 2. The Morgan fingerprint density at radius 1 is 1.37 bits per heavy atom. The number of oxime groups is 1. The van der Waals surface area contributed by atoms with Crippen LogP contribution < -0.4 is 5.73 Å². The number of nitrogens with zero attached hydrogens (tertiary/aromatic N) is 2. The van der Waals surface area contributed by atoms with E-state index in [2.05, 4.69) is 26.1 Å². The topological polar surface area (TPSA) is 71.5 Å². The Kier molecular flexibility index (Phi) is 4.39. The monoisotopic (exact) mass is 341 g/mol. The van der Waals surface area contributed by atoms with Gasteiger partial charge in [-0.25, -0.2) is 9.37 Å². The van der Waals surface area contributed by atoms with Crippen LogP contribution in [0.2, 0.25) is 0 Å². The third-order valence-electron chi connectivity index (χ3n) is 2.25. The van der Waals surface area contributed by atoms with E-state index in [1.807, 2.05) is 6.07 Å². The molecule has 0 bridgehead atoms. The van der Waals surface area contributed by atoms with E-state index in [1.165, 1.54) is 17.8 Å². The molecule has 2 aromatic rings. The highest BCUT2D eigenvalue weighted by atomic mass is 79.9. The van der Waals surface area contributed by atoms with Gasteiger partial charge in [-0.3, -0.25) is 0 Å². The molecule has 2 rings (SSSR count). The van der Waals surface area contributed by atoms with Gasteiger partial charge in [0, 0.05) is 15.6 Å². The Hall–Kier alpha value is -1.60. The second-order valence-electron chi connectivity index (χ2n) is 3.51. The summed E-state index contributed by atoms with van der Waals surface area (Å²) in [6, 6.07) is 8.12. The summed E-state index contributed by atoms with van der Waals surface area (Å²) in [7, 11) is 0. The molecule has 1 heterocycles. The molecule has 0 fully saturated rings. The summed E-state index contributed by atoms with van der Waals surface area (Å²) in [5.74, 6) is -0.810. The largest absolute Gasteiger partial charge is 0.409 e. The lowest BCUT2D eigenvalue weighted by Gasteiger charge is -2.08. The molecule has 7 heteroatoms. The zero-order chi connectivity index (χ0) is 13.8. The minimum Gasteiger partial charge on any atom is -0.409 e. The normalized spacial score (nSPS) is 11.6. The fourth-order valence-corrected chi connectivity index (χ4v) is 2.58. The summed E-state index contributed by atoms with van der Waals surface area (Å²) >= 11 is 4.52. The summed E-state index contributed by atoms with van der Waals surface area (Å²) < 4.78 is 14.6. The molecular formula is C12H9BrFN3OS. The number of benzene rings is 1. The molecule has 0 aliphatic heterocycles. The molecule has 4 nitrogen and oxygen atoms in total. The van der Waals surface area contributed by atoms with Gasteiger partial charge in [-0.05, 0) is 40.2 Å². The first-order chi connectivity index (χ1) is 9.11. The molecule has 19 heavy (non-hydrogen) atoms. The van der Waals surface area contributed by atoms with E-state index >= 15 is 0 Å². The van der Waals surface area contributed by atoms with Gasteiger partial charge in [-0.2, -0.15) is 0 Å². The van der Waals surface area contributed by atoms with Crippen LogP contribution in [0.4, 0.5) is 4.39 Å². The molecule has 0 aliphatic rings. The van der Waals surface area contributed by atoms with E-state index in [1.54, 1.807) is 24.4 Å². The van der Waals surface area contributed by atoms with E-state index in [-0.39, 0.29) is 11.4 Å². The average molecular weight is 342 g/mol. The van der Waals surface area contributed by atoms with Crippen LogP contribution in [0.15, 0.2) is 56.1 Å². The molecule has 0 amide bonds. The number of amidine groups is 1. The van der Waals surface area contributed by atoms with Gasteiger partial charge in [-0.1, -0.05) is 23.0 Å². The van der Waals surface area contributed by atoms with Gasteiger partial charge in [0.25, 0.3) is 0 Å². The summed E-state index contributed by atoms with van der Waals surface area (Å²) in [6.45, 7) is 0. The highest BCUT2D eigenvalue weighted by molar-refractivity contribution is 9.10. The lowest BCUT2D eigenvalue weighted by Crippen LogP contribution is -2.16. The summed E-state index contributed by atoms with van der Waals surface area (Å²) in [6.07, 6.45) is 1.64. The van der Waals surface area contributed by atoms with Crippen LogP contribution >= 0.6 is 27.7 Å². The molecule has 0 aliphatic carbocycles. The third kappa shape index (κ3) is 3.24. The standard InChI is InChI=1S/C12H9BrFN3OS/c13-7-4-5-10(16-6-7)19-9-3-1-2-8(14)11(9)12(15)17-18/h1-6,18H,(H2,15,17). The molecule has 0 saturated carbocycles. The van der Waals surface area contributed by atoms with Gasteiger partial charge in [-0.15, -0.1) is 0 Å². The Morgan fingerprint density at radius 3 is 2.79 bits per heavy atom. The maximum absolute atomic E-state index is 13.7. The van der Waals surface area contributed by atoms with Crippen LogP contribution in [-0.4, -0.2) is 16.0 Å². The molecule has 1 aromatic carbocycles. The van der Waals surface area contributed by atoms with Crippen LogP contribution in [0, 0.1) is 5.82 Å². The number of pyridine rings is 1. The second kappa shape index (κ2) is 6.03. The van der Waals surface area contributed by atoms with Crippen molar-refractivity contribution in [3.05, 3.63) is 52.4 Å². The van der Waals surface area contributed by atoms with Gasteiger partial charge >= 0.3 is 0 Å². The van der Waals surface area contributed by atoms with Crippen molar-refractivity contribution in [3.63, 3.8) is 0 Å². The zero-order valence-electron chi connectivity index (χ0n) is 9.55. The van der Waals surface area contributed by atoms with Crippen molar-refractivity contribution < 1.29 is 9.60 Å². The first kappa shape index (κ1) is 13.8. The highest BCUT2D eigenvalue weighted by Crippen LogP contribution is 2.30. The van der Waals surface area contributed by atoms with E-state index in [0.29, 0.717) is 9.92 Å². The molecule has 1 aromatic heterocycles. The van der Waals surface area contributed by atoms with Crippen molar-refractivity contribution in [3.8, 4) is 0 Å². The van der Waals surface area contributed by atoms with Crippen LogP contribution in [-0.2, 0) is 0 Å². The van der Waals surface area contributed by atoms with Gasteiger partial charge in [0.2, 0.25) is 0 Å². The molecule has 0 radical (unpaired) electrons. The fraction of sp³-hybridized carbons (Fsp3) is 0. The van der Waals surface area contributed by atoms with Gasteiger partial charge in [0.15, 0.2) is 5.84 Å². The number of hydrogen-bond acceptors (Lipinski definition) is 4. The average Bonchev–Trinajstić information content (AvgIpc) is 2.41. The fourth-order valence-electron chi connectivity index (χ4n) is 1.42. The first-order valence-electron chi connectivity index (χ1n) is 5.17. The van der Waals surface area contributed by atoms with Gasteiger partial charge in [0.05, 0.1) is 5.56 Å². The van der Waals surface area contributed by atoms with E-state index in [9.17, 15) is 4.39 Å². The Bertz CT molecular complexity index is 619. The maximum atomic E-state index is 13.7. The lowest BCUT2D eigenvalue weighted by molar-refractivity contribution is 0.318. The Labute approximate surface area is 121 Å². The number of halogens is 2. The molecule has 0 atom stereocenters. The second-order valence-corrected chi connectivity index (χ2v) is 5.49. The summed E-state index contributed by atoms with van der Waals surface area (Å²) in [5.41, 5.74) is 5.56. The molecule has 0 spiro atoms. The first-order valence-corrected chi connectivity index (χ1v) is 6.78. The van der Waals surface area contributed by atoms with Gasteiger partial charge in [0.1, 0.15) is 10.8 Å². The van der Waals surface area contributed by atoms with Crippen molar-refractivity contribution >= 4 is 33.5 Å². The third-order valence-corrected chi connectivity index (χ3v) is 3.73. The predicted octanol–water partition coefficient (Wildman–Crippen LogP) is 3.23. The number of aromatic nitrogens is 1. The van der Waals surface area contributed by atoms with Crippen molar-refractivity contribution in [1.29, 1.82) is 0 Å². The Morgan fingerprint density at radius 2 is 2.16 bits per heavy atom. The number of rotatable bonds is 3. The van der Waals surface area contributed by atoms with Crippen LogP contribution in [0.25, 0.3) is 0 Å². The van der Waals surface area contributed by atoms with Crippen LogP contribution in [0.3, 0.4) is 0 Å². The van der Waals surface area contributed by atoms with Crippen LogP contribution in [0.1, 0.15) is 5.56 Å². The van der Waals surface area contributed by atoms with Crippen molar-refractivity contribution in [2.24, 2.45) is 10.9 Å². The quantitative estimate of drug-likeness (QED) is 0.389. The number of nitrogens with two attached hydrogens (primary N) is 1. The van der Waals surface area contributed by atoms with Crippen molar-refractivity contribution in [2.45, 2.75) is 9.92 Å². The SMILES string of the molecule is NC(=NO)c1c(F)cccc1Sc1ccc(Br)cn1. The highest BCUT2D eigenvalue weighted by Gasteiger charge is 2.14. The maximum Gasteiger partial charge on any atom is 0.174 e. The lowest BCUT2D eigenvalue weighted by atomic mass is 10.2. The van der Waals surface area contributed by atoms with E-state index < -0.39 is 5.82 Å². The molecule has 98 valence electrons. The van der Waals surface area contributed by atoms with E-state index in [4.69, 9.17) is 10.9 Å². The predicted molar refractivity (Wildman–Crippen MR) is 75.0 cm³/mol. The van der Waals surface area contributed by atoms with Crippen molar-refractivity contribution in [2.75, 3.05) is 0 Å². The minimum absolute atomic E-state index is 0.0692. The molecule has 3 N–H and O–H groups in total. The zero-order valence-corrected chi connectivity index (χ0v) is 11.9. The molecular weight excluding hydrogens is 333 g/mol. The molecule has 0 saturated heterocycles. The van der Waals surface area contributed by atoms with E-state index in [0.717, 1.165) is 4.47 Å². The smallest absolute Gasteiger partial charge is 0.174 e. The summed E-state index contributed by atoms with van der Waals surface area (Å²) in [5, 5.41) is 12.2. The molecule has 0 unspecified atom stereocenters. The Balaban J connectivity index is 2.40. The van der Waals surface area contributed by atoms with Crippen LogP contribution in [0.5, 0.6) is 0 Å². The van der Waals surface area contributed by atoms with Crippen molar-refractivity contribution in [1.82, 2.24) is 4.98 Å². The van der Waals surface area contributed by atoms with Gasteiger partial charge < -0.3 is 10.9 Å². The summed E-state index contributed by atoms with van der Waals surface area (Å²) in [4.78, 5) is 4.71.